The first-order valence-corrected chi connectivity index (χ1v) is 7.48. The predicted molar refractivity (Wildman–Crippen MR) is 82.3 cm³/mol. The van der Waals surface area contributed by atoms with Gasteiger partial charge in [0, 0.05) is 12.1 Å². The molecule has 0 aromatic carbocycles. The molecule has 0 amide bonds. The summed E-state index contributed by atoms with van der Waals surface area (Å²) < 4.78 is 38.4. The molecule has 2 heterocycles. The van der Waals surface area contributed by atoms with Crippen molar-refractivity contribution in [1.29, 1.82) is 5.26 Å². The quantitative estimate of drug-likeness (QED) is 0.782. The number of nitrogens with one attached hydrogen (secondary N) is 1. The number of H-pyrrole nitrogens is 1. The lowest BCUT2D eigenvalue weighted by Gasteiger charge is -2.12. The molecule has 2 aromatic heterocycles. The Labute approximate surface area is 144 Å². The van der Waals surface area contributed by atoms with Crippen LogP contribution in [0.15, 0.2) is 15.0 Å². The van der Waals surface area contributed by atoms with Gasteiger partial charge in [-0.2, -0.15) is 18.4 Å². The smallest absolute Gasteiger partial charge is 0.451 e. The van der Waals surface area contributed by atoms with E-state index in [4.69, 9.17) is 0 Å². The van der Waals surface area contributed by atoms with Crippen molar-refractivity contribution in [3.8, 4) is 11.9 Å². The summed E-state index contributed by atoms with van der Waals surface area (Å²) in [6.07, 6.45) is -3.42. The van der Waals surface area contributed by atoms with E-state index in [9.17, 15) is 28.3 Å². The molecule has 0 aliphatic heterocycles. The van der Waals surface area contributed by atoms with Crippen molar-refractivity contribution < 1.29 is 18.3 Å². The van der Waals surface area contributed by atoms with Gasteiger partial charge in [0.1, 0.15) is 11.6 Å². The molecule has 0 unspecified atom stereocenters. The normalized spacial score (nSPS) is 11.8. The highest BCUT2D eigenvalue weighted by atomic mass is 19.4. The number of rotatable bonds is 5. The summed E-state index contributed by atoms with van der Waals surface area (Å²) in [4.78, 5) is 14.1. The Morgan fingerprint density at radius 3 is 2.58 bits per heavy atom. The summed E-state index contributed by atoms with van der Waals surface area (Å²) in [7, 11) is 0. The zero-order valence-corrected chi connectivity index (χ0v) is 13.8. The monoisotopic (exact) mass is 369 g/mol. The third-order valence-corrected chi connectivity index (χ3v) is 3.49. The van der Waals surface area contributed by atoms with E-state index in [1.165, 1.54) is 6.92 Å². The zero-order chi connectivity index (χ0) is 19.5. The van der Waals surface area contributed by atoms with Crippen LogP contribution in [-0.2, 0) is 12.7 Å². The highest BCUT2D eigenvalue weighted by molar-refractivity contribution is 5.59. The molecule has 0 saturated heterocycles. The van der Waals surface area contributed by atoms with Gasteiger partial charge in [-0.3, -0.25) is 9.36 Å². The zero-order valence-electron chi connectivity index (χ0n) is 13.8. The van der Waals surface area contributed by atoms with Crippen molar-refractivity contribution in [2.75, 3.05) is 0 Å². The van der Waals surface area contributed by atoms with Crippen LogP contribution in [0.1, 0.15) is 36.7 Å². The fourth-order valence-corrected chi connectivity index (χ4v) is 2.10. The fraction of sp³-hybridized carbons (Fsp3) is 0.429. The Bertz CT molecular complexity index is 938. The van der Waals surface area contributed by atoms with Crippen LogP contribution >= 0.6 is 0 Å². The summed E-state index contributed by atoms with van der Waals surface area (Å²) in [5.41, 5.74) is -1.06. The summed E-state index contributed by atoms with van der Waals surface area (Å²) >= 11 is 0. The second-order valence-corrected chi connectivity index (χ2v) is 5.29. The number of aromatic hydroxyl groups is 1. The molecule has 12 heteroatoms. The van der Waals surface area contributed by atoms with Crippen LogP contribution in [-0.4, -0.2) is 24.9 Å². The average molecular weight is 369 g/mol. The molecule has 0 radical (unpaired) electrons. The van der Waals surface area contributed by atoms with Crippen LogP contribution in [0.25, 0.3) is 0 Å². The largest absolute Gasteiger partial charge is 0.493 e. The first-order valence-electron chi connectivity index (χ1n) is 7.48. The summed E-state index contributed by atoms with van der Waals surface area (Å²) in [5.74, 6) is -2.42. The number of azo groups is 1. The molecule has 0 fully saturated rings. The van der Waals surface area contributed by atoms with Gasteiger partial charge in [0.2, 0.25) is 11.7 Å². The van der Waals surface area contributed by atoms with E-state index in [-0.39, 0.29) is 23.4 Å². The van der Waals surface area contributed by atoms with Crippen molar-refractivity contribution in [3.63, 3.8) is 0 Å². The van der Waals surface area contributed by atoms with Gasteiger partial charge in [-0.15, -0.1) is 20.4 Å². The van der Waals surface area contributed by atoms with Gasteiger partial charge in [0.05, 0.1) is 0 Å². The van der Waals surface area contributed by atoms with E-state index in [1.807, 2.05) is 11.9 Å². The van der Waals surface area contributed by atoms with Crippen molar-refractivity contribution in [3.05, 3.63) is 27.3 Å². The number of aromatic nitrogens is 4. The number of nitriles is 1. The van der Waals surface area contributed by atoms with Gasteiger partial charge < -0.3 is 10.1 Å². The molecule has 0 atom stereocenters. The fourth-order valence-electron chi connectivity index (χ4n) is 2.10. The Balaban J connectivity index is 2.50. The van der Waals surface area contributed by atoms with Crippen molar-refractivity contribution >= 4 is 11.6 Å². The van der Waals surface area contributed by atoms with E-state index >= 15 is 0 Å². The van der Waals surface area contributed by atoms with Gasteiger partial charge >= 0.3 is 6.18 Å². The number of pyridine rings is 1. The third kappa shape index (κ3) is 3.71. The topological polar surface area (TPSA) is 132 Å². The average Bonchev–Trinajstić information content (AvgIpc) is 3.04. The lowest BCUT2D eigenvalue weighted by molar-refractivity contribution is -0.144. The van der Waals surface area contributed by atoms with Crippen LogP contribution < -0.4 is 5.56 Å². The van der Waals surface area contributed by atoms with Crippen LogP contribution in [0.4, 0.5) is 24.8 Å². The number of unbranched alkanes of at least 4 members (excludes halogenated alkanes) is 1. The highest BCUT2D eigenvalue weighted by Gasteiger charge is 2.35. The summed E-state index contributed by atoms with van der Waals surface area (Å²) in [6, 6.07) is 1.74. The molecule has 2 N–H and O–H groups in total. The molecule has 0 bridgehead atoms. The molecule has 2 rings (SSSR count). The first-order chi connectivity index (χ1) is 12.2. The molecule has 26 heavy (non-hydrogen) atoms. The van der Waals surface area contributed by atoms with Crippen molar-refractivity contribution in [2.45, 2.75) is 39.4 Å². The molecule has 0 aliphatic carbocycles. The third-order valence-electron chi connectivity index (χ3n) is 3.49. The van der Waals surface area contributed by atoms with Gasteiger partial charge in [-0.25, -0.2) is 0 Å². The van der Waals surface area contributed by atoms with E-state index in [0.29, 0.717) is 6.42 Å². The van der Waals surface area contributed by atoms with Crippen LogP contribution in [0, 0.1) is 18.3 Å². The van der Waals surface area contributed by atoms with Gasteiger partial charge in [-0.1, -0.05) is 13.3 Å². The number of hydrogen-bond acceptors (Lipinski definition) is 7. The van der Waals surface area contributed by atoms with Crippen LogP contribution in [0.5, 0.6) is 5.88 Å². The molecule has 138 valence electrons. The predicted octanol–water partition coefficient (Wildman–Crippen LogP) is 3.09. The van der Waals surface area contributed by atoms with Gasteiger partial charge in [-0.05, 0) is 13.3 Å². The lowest BCUT2D eigenvalue weighted by Crippen LogP contribution is -2.23. The van der Waals surface area contributed by atoms with Crippen LogP contribution in [0.2, 0.25) is 0 Å². The molecule has 0 saturated carbocycles. The van der Waals surface area contributed by atoms with E-state index in [0.717, 1.165) is 11.0 Å². The maximum Gasteiger partial charge on any atom is 0.451 e. The van der Waals surface area contributed by atoms with E-state index in [2.05, 4.69) is 20.4 Å². The Hall–Kier alpha value is -3.23. The molecular formula is C14H14F3N7O2. The minimum absolute atomic E-state index is 0.0575. The van der Waals surface area contributed by atoms with Gasteiger partial charge in [0.15, 0.2) is 5.69 Å². The number of aromatic amines is 1. The second kappa shape index (κ2) is 7.34. The molecule has 2 aromatic rings. The number of alkyl halides is 3. The van der Waals surface area contributed by atoms with Crippen molar-refractivity contribution in [2.24, 2.45) is 10.2 Å². The van der Waals surface area contributed by atoms with Crippen LogP contribution in [0.3, 0.4) is 0 Å². The molecule has 0 aliphatic rings. The van der Waals surface area contributed by atoms with Crippen molar-refractivity contribution in [1.82, 2.24) is 19.7 Å². The SMILES string of the molecule is CCCCn1c(O)c(N=Nc2nnc(C(F)(F)F)[nH]2)c(C)c(C#N)c1=O. The molecule has 9 nitrogen and oxygen atoms in total. The second-order valence-electron chi connectivity index (χ2n) is 5.29. The minimum Gasteiger partial charge on any atom is -0.493 e. The van der Waals surface area contributed by atoms with E-state index in [1.54, 1.807) is 6.07 Å². The van der Waals surface area contributed by atoms with Gasteiger partial charge in [0.25, 0.3) is 11.5 Å². The van der Waals surface area contributed by atoms with E-state index < -0.39 is 29.4 Å². The first kappa shape index (κ1) is 19.1. The Morgan fingerprint density at radius 2 is 2.04 bits per heavy atom. The minimum atomic E-state index is -4.72. The molecule has 0 spiro atoms. The number of hydrogen-bond donors (Lipinski definition) is 2. The molecular weight excluding hydrogens is 355 g/mol. The Morgan fingerprint density at radius 1 is 1.35 bits per heavy atom. The Kier molecular flexibility index (Phi) is 5.39. The highest BCUT2D eigenvalue weighted by Crippen LogP contribution is 2.32. The maximum absolute atomic E-state index is 12.5. The maximum atomic E-state index is 12.5. The standard InChI is InChI=1S/C14H14F3N7O2/c1-3-4-5-24-10(25)8(6-18)7(2)9(11(24)26)20-22-13-19-12(21-23-13)14(15,16)17/h26H,3-5H2,1-2H3,(H,19,21,23). The summed E-state index contributed by atoms with van der Waals surface area (Å²) in [5, 5.41) is 32.7. The number of halogens is 3. The number of nitrogens with zero attached hydrogens (tertiary/aromatic N) is 6. The lowest BCUT2D eigenvalue weighted by atomic mass is 10.1. The summed E-state index contributed by atoms with van der Waals surface area (Å²) in [6.45, 7) is 3.41.